The van der Waals surface area contributed by atoms with E-state index in [4.69, 9.17) is 9.57 Å². The first-order valence-electron chi connectivity index (χ1n) is 11.5. The molecule has 2 N–H and O–H groups in total. The number of thiazole rings is 1. The molecule has 7 nitrogen and oxygen atoms in total. The Kier molecular flexibility index (Phi) is 8.10. The summed E-state index contributed by atoms with van der Waals surface area (Å²) in [4.78, 5) is 21.7. The summed E-state index contributed by atoms with van der Waals surface area (Å²) < 4.78 is 5.27. The van der Waals surface area contributed by atoms with E-state index in [0.29, 0.717) is 11.7 Å². The molecule has 0 spiro atoms. The van der Waals surface area contributed by atoms with Crippen molar-refractivity contribution in [2.24, 2.45) is 5.16 Å². The molecule has 36 heavy (non-hydrogen) atoms. The topological polar surface area (TPSA) is 93.0 Å². The van der Waals surface area contributed by atoms with Gasteiger partial charge in [0.05, 0.1) is 0 Å². The minimum Gasteiger partial charge on any atom is -0.476 e. The number of aromatic nitrogens is 1. The molecular formula is C28H27N3O4S. The molecule has 0 radical (unpaired) electrons. The molecule has 0 saturated carbocycles. The van der Waals surface area contributed by atoms with Crippen molar-refractivity contribution >= 4 is 28.1 Å². The van der Waals surface area contributed by atoms with Crippen LogP contribution in [0.25, 0.3) is 0 Å². The van der Waals surface area contributed by atoms with Crippen LogP contribution in [0.2, 0.25) is 0 Å². The van der Waals surface area contributed by atoms with Gasteiger partial charge in [0.1, 0.15) is 11.2 Å². The number of benzene rings is 3. The second-order valence-corrected chi connectivity index (χ2v) is 8.74. The minimum absolute atomic E-state index is 0.196. The number of ether oxygens (including phenoxy) is 1. The van der Waals surface area contributed by atoms with E-state index in [9.17, 15) is 9.90 Å². The van der Waals surface area contributed by atoms with Crippen molar-refractivity contribution in [2.45, 2.75) is 25.7 Å². The zero-order chi connectivity index (χ0) is 25.4. The van der Waals surface area contributed by atoms with Gasteiger partial charge in [0.2, 0.25) is 12.0 Å². The predicted octanol–water partition coefficient (Wildman–Crippen LogP) is 5.73. The van der Waals surface area contributed by atoms with Gasteiger partial charge in [-0.3, -0.25) is 0 Å². The fraction of sp³-hybridized carbons (Fsp3) is 0.179. The van der Waals surface area contributed by atoms with E-state index in [0.717, 1.165) is 16.7 Å². The zero-order valence-electron chi connectivity index (χ0n) is 20.0. The van der Waals surface area contributed by atoms with Crippen LogP contribution in [0.1, 0.15) is 36.2 Å². The molecule has 0 amide bonds. The number of hydrogen-bond donors (Lipinski definition) is 2. The lowest BCUT2D eigenvalue weighted by molar-refractivity contribution is -0.133. The average molecular weight is 502 g/mol. The van der Waals surface area contributed by atoms with Gasteiger partial charge in [0, 0.05) is 18.9 Å². The third-order valence-electron chi connectivity index (χ3n) is 5.56. The van der Waals surface area contributed by atoms with Gasteiger partial charge in [-0.2, -0.15) is 0 Å². The van der Waals surface area contributed by atoms with Crippen molar-refractivity contribution in [1.29, 1.82) is 0 Å². The van der Waals surface area contributed by atoms with Gasteiger partial charge in [-0.15, -0.1) is 11.3 Å². The van der Waals surface area contributed by atoms with Crippen molar-refractivity contribution in [3.8, 4) is 0 Å². The summed E-state index contributed by atoms with van der Waals surface area (Å²) in [6.07, 6.45) is -0.678. The van der Waals surface area contributed by atoms with E-state index < -0.39 is 17.8 Å². The summed E-state index contributed by atoms with van der Waals surface area (Å²) in [5, 5.41) is 19.4. The molecule has 4 aromatic rings. The number of carboxylic acid groups (broad SMARTS) is 1. The molecule has 1 aromatic heterocycles. The zero-order valence-corrected chi connectivity index (χ0v) is 20.8. The maximum Gasteiger partial charge on any atom is 0.360 e. The molecule has 0 bridgehead atoms. The summed E-state index contributed by atoms with van der Waals surface area (Å²) in [5.74, 6) is -1.24. The van der Waals surface area contributed by atoms with Gasteiger partial charge in [-0.05, 0) is 23.6 Å². The fourth-order valence-corrected chi connectivity index (χ4v) is 4.72. The van der Waals surface area contributed by atoms with E-state index in [1.54, 1.807) is 12.3 Å². The lowest BCUT2D eigenvalue weighted by Crippen LogP contribution is -2.38. The summed E-state index contributed by atoms with van der Waals surface area (Å²) >= 11 is 1.30. The number of aliphatic carboxylic acids is 1. The average Bonchev–Trinajstić information content (AvgIpc) is 3.37. The van der Waals surface area contributed by atoms with Crippen LogP contribution >= 0.6 is 11.3 Å². The first-order valence-corrected chi connectivity index (χ1v) is 12.4. The van der Waals surface area contributed by atoms with Gasteiger partial charge >= 0.3 is 5.97 Å². The van der Waals surface area contributed by atoms with Crippen LogP contribution < -0.4 is 5.32 Å². The summed E-state index contributed by atoms with van der Waals surface area (Å²) in [6.45, 7) is 3.89. The van der Waals surface area contributed by atoms with Gasteiger partial charge in [-0.25, -0.2) is 9.78 Å². The number of carbonyl (C=O) groups is 1. The molecule has 8 heteroatoms. The van der Waals surface area contributed by atoms with Crippen LogP contribution in [0, 0.1) is 0 Å². The Morgan fingerprint density at radius 2 is 1.47 bits per heavy atom. The van der Waals surface area contributed by atoms with Crippen molar-refractivity contribution < 1.29 is 19.5 Å². The van der Waals surface area contributed by atoms with Crippen LogP contribution in [0.3, 0.4) is 0 Å². The molecule has 0 aliphatic carbocycles. The highest BCUT2D eigenvalue weighted by molar-refractivity contribution is 7.14. The Bertz CT molecular complexity index is 1200. The first-order chi connectivity index (χ1) is 17.5. The molecule has 184 valence electrons. The normalized spacial score (nSPS) is 12.7. The first kappa shape index (κ1) is 25.1. The molecule has 4 rings (SSSR count). The highest BCUT2D eigenvalue weighted by Gasteiger charge is 2.37. The van der Waals surface area contributed by atoms with Gasteiger partial charge < -0.3 is 20.0 Å². The molecule has 0 aliphatic rings. The molecular weight excluding hydrogens is 474 g/mol. The summed E-state index contributed by atoms with van der Waals surface area (Å²) in [6, 6.07) is 30.3. The number of oxime groups is 1. The van der Waals surface area contributed by atoms with Crippen molar-refractivity contribution in [1.82, 2.24) is 4.98 Å². The van der Waals surface area contributed by atoms with Gasteiger partial charge in [-0.1, -0.05) is 96.2 Å². The minimum atomic E-state index is -1.24. The predicted molar refractivity (Wildman–Crippen MR) is 141 cm³/mol. The Hall–Kier alpha value is -4.01. The molecule has 0 fully saturated rings. The van der Waals surface area contributed by atoms with E-state index in [2.05, 4.69) is 51.9 Å². The second kappa shape index (κ2) is 11.6. The van der Waals surface area contributed by atoms with E-state index in [-0.39, 0.29) is 11.4 Å². The highest BCUT2D eigenvalue weighted by Crippen LogP contribution is 2.40. The van der Waals surface area contributed by atoms with E-state index in [1.165, 1.54) is 11.3 Å². The molecule has 3 aromatic carbocycles. The Labute approximate surface area is 214 Å². The molecule has 0 saturated heterocycles. The third-order valence-corrected chi connectivity index (χ3v) is 6.32. The number of nitrogens with one attached hydrogen (secondary N) is 1. The number of hydrogen-bond acceptors (Lipinski definition) is 7. The molecule has 1 unspecified atom stereocenters. The van der Waals surface area contributed by atoms with Crippen LogP contribution in [-0.2, 0) is 19.9 Å². The monoisotopic (exact) mass is 501 g/mol. The third kappa shape index (κ3) is 5.45. The summed E-state index contributed by atoms with van der Waals surface area (Å²) in [7, 11) is 0. The number of anilines is 1. The van der Waals surface area contributed by atoms with Crippen LogP contribution in [0.5, 0.6) is 0 Å². The Balaban J connectivity index is 1.79. The fourth-order valence-electron chi connectivity index (χ4n) is 3.97. The molecule has 1 atom stereocenters. The quantitative estimate of drug-likeness (QED) is 0.118. The van der Waals surface area contributed by atoms with Crippen LogP contribution in [0.15, 0.2) is 102 Å². The van der Waals surface area contributed by atoms with Gasteiger partial charge in [0.25, 0.3) is 0 Å². The summed E-state index contributed by atoms with van der Waals surface area (Å²) in [5.41, 5.74) is 2.16. The van der Waals surface area contributed by atoms with Crippen molar-refractivity contribution in [3.05, 3.63) is 119 Å². The maximum absolute atomic E-state index is 11.9. The number of rotatable bonds is 11. The lowest BCUT2D eigenvalue weighted by atomic mass is 9.77. The lowest BCUT2D eigenvalue weighted by Gasteiger charge is -2.36. The van der Waals surface area contributed by atoms with Crippen LogP contribution in [-0.4, -0.2) is 34.7 Å². The van der Waals surface area contributed by atoms with E-state index >= 15 is 0 Å². The smallest absolute Gasteiger partial charge is 0.360 e. The standard InChI is InChI=1S/C28H27N3O4S/c1-3-34-20(2)35-31-25(26(32)33)24-19-36-27(29-24)30-28(21-13-7-4-8-14-21,22-15-9-5-10-16-22)23-17-11-6-12-18-23/h4-20H,3H2,1-2H3,(H,29,30)(H,32,33). The maximum atomic E-state index is 11.9. The van der Waals surface area contributed by atoms with Crippen molar-refractivity contribution in [2.75, 3.05) is 11.9 Å². The van der Waals surface area contributed by atoms with E-state index in [1.807, 2.05) is 61.5 Å². The Morgan fingerprint density at radius 3 is 1.92 bits per heavy atom. The largest absolute Gasteiger partial charge is 0.476 e. The molecule has 1 heterocycles. The van der Waals surface area contributed by atoms with Crippen LogP contribution in [0.4, 0.5) is 5.13 Å². The second-order valence-electron chi connectivity index (χ2n) is 7.88. The highest BCUT2D eigenvalue weighted by atomic mass is 32.1. The molecule has 0 aliphatic heterocycles. The van der Waals surface area contributed by atoms with Crippen molar-refractivity contribution in [3.63, 3.8) is 0 Å². The Morgan fingerprint density at radius 1 is 0.972 bits per heavy atom. The SMILES string of the molecule is CCOC(C)ON=C(C(=O)O)c1csc(NC(c2ccccc2)(c2ccccc2)c2ccccc2)n1. The number of carboxylic acids is 1. The van der Waals surface area contributed by atoms with Gasteiger partial charge in [0.15, 0.2) is 5.13 Å². The number of nitrogens with zero attached hydrogens (tertiary/aromatic N) is 2.